The molecule has 2 amide bonds. The fourth-order valence-electron chi connectivity index (χ4n) is 3.78. The van der Waals surface area contributed by atoms with Gasteiger partial charge in [0, 0.05) is 23.5 Å². The predicted molar refractivity (Wildman–Crippen MR) is 124 cm³/mol. The largest absolute Gasteiger partial charge is 0.443 e. The van der Waals surface area contributed by atoms with Crippen LogP contribution in [-0.2, 0) is 6.18 Å². The SMILES string of the molecule is NC(=O)N(c1cc(C(F)(F)F)ccn1)c1ccc(-c2c(-c3cnco3)cn3ncnc(N)c23)cc1Cl. The van der Waals surface area contributed by atoms with Crippen LogP contribution in [-0.4, -0.2) is 30.6 Å². The van der Waals surface area contributed by atoms with E-state index >= 15 is 0 Å². The Morgan fingerprint density at radius 2 is 1.97 bits per heavy atom. The molecule has 0 radical (unpaired) electrons. The molecular formula is C22H14ClF3N8O2. The lowest BCUT2D eigenvalue weighted by Crippen LogP contribution is -2.32. The molecule has 0 saturated carbocycles. The van der Waals surface area contributed by atoms with Crippen molar-refractivity contribution in [2.75, 3.05) is 10.6 Å². The highest BCUT2D eigenvalue weighted by Gasteiger charge is 2.32. The number of halogens is 4. The molecule has 0 bridgehead atoms. The minimum atomic E-state index is -4.65. The van der Waals surface area contributed by atoms with E-state index in [0.717, 1.165) is 17.2 Å². The van der Waals surface area contributed by atoms with Crippen molar-refractivity contribution < 1.29 is 22.4 Å². The van der Waals surface area contributed by atoms with E-state index in [0.29, 0.717) is 34.0 Å². The molecular weight excluding hydrogens is 501 g/mol. The highest BCUT2D eigenvalue weighted by atomic mass is 35.5. The van der Waals surface area contributed by atoms with Crippen molar-refractivity contribution in [3.05, 3.63) is 72.2 Å². The fourth-order valence-corrected chi connectivity index (χ4v) is 4.04. The van der Waals surface area contributed by atoms with Crippen LogP contribution >= 0.6 is 11.6 Å². The van der Waals surface area contributed by atoms with E-state index in [4.69, 9.17) is 27.5 Å². The number of alkyl halides is 3. The van der Waals surface area contributed by atoms with Gasteiger partial charge in [-0.15, -0.1) is 0 Å². The molecule has 0 unspecified atom stereocenters. The number of carbonyl (C=O) groups is 1. The minimum Gasteiger partial charge on any atom is -0.443 e. The highest BCUT2D eigenvalue weighted by Crippen LogP contribution is 2.42. The van der Waals surface area contributed by atoms with Crippen LogP contribution in [0.3, 0.4) is 0 Å². The van der Waals surface area contributed by atoms with Gasteiger partial charge in [-0.25, -0.2) is 29.2 Å². The van der Waals surface area contributed by atoms with Gasteiger partial charge in [0.15, 0.2) is 18.0 Å². The summed E-state index contributed by atoms with van der Waals surface area (Å²) >= 11 is 6.53. The topological polar surface area (TPSA) is 141 Å². The number of nitrogens with zero attached hydrogens (tertiary/aromatic N) is 6. The maximum absolute atomic E-state index is 13.2. The van der Waals surface area contributed by atoms with Crippen LogP contribution in [0, 0.1) is 0 Å². The van der Waals surface area contributed by atoms with Gasteiger partial charge in [-0.2, -0.15) is 18.3 Å². The number of hydrogen-bond acceptors (Lipinski definition) is 7. The number of nitrogens with two attached hydrogens (primary N) is 2. The number of aromatic nitrogens is 5. The number of nitrogen functional groups attached to an aromatic ring is 1. The molecule has 14 heteroatoms. The maximum Gasteiger partial charge on any atom is 0.416 e. The lowest BCUT2D eigenvalue weighted by Gasteiger charge is -2.22. The number of amides is 2. The first-order valence-corrected chi connectivity index (χ1v) is 10.5. The van der Waals surface area contributed by atoms with Crippen LogP contribution in [0.1, 0.15) is 5.56 Å². The summed E-state index contributed by atoms with van der Waals surface area (Å²) in [6, 6.07) is 4.93. The number of primary amides is 1. The maximum atomic E-state index is 13.2. The van der Waals surface area contributed by atoms with Gasteiger partial charge < -0.3 is 15.9 Å². The van der Waals surface area contributed by atoms with E-state index in [1.165, 1.54) is 35.6 Å². The van der Waals surface area contributed by atoms with Crippen LogP contribution in [0.15, 0.2) is 66.1 Å². The summed E-state index contributed by atoms with van der Waals surface area (Å²) in [6.07, 6.45) is 2.01. The molecule has 0 spiro atoms. The number of carbonyl (C=O) groups excluding carboxylic acids is 1. The summed E-state index contributed by atoms with van der Waals surface area (Å²) in [5.41, 5.74) is 12.8. The summed E-state index contributed by atoms with van der Waals surface area (Å²) < 4.78 is 46.6. The number of urea groups is 1. The molecule has 0 saturated heterocycles. The molecule has 10 nitrogen and oxygen atoms in total. The zero-order chi connectivity index (χ0) is 25.6. The van der Waals surface area contributed by atoms with Crippen LogP contribution in [0.4, 0.5) is 35.3 Å². The second-order valence-electron chi connectivity index (χ2n) is 7.46. The van der Waals surface area contributed by atoms with Gasteiger partial charge in [0.2, 0.25) is 0 Å². The van der Waals surface area contributed by atoms with E-state index < -0.39 is 17.8 Å². The molecule has 5 rings (SSSR count). The summed E-state index contributed by atoms with van der Waals surface area (Å²) in [4.78, 5) is 24.9. The van der Waals surface area contributed by atoms with E-state index in [-0.39, 0.29) is 22.3 Å². The Bertz CT molecular complexity index is 1600. The van der Waals surface area contributed by atoms with Crippen molar-refractivity contribution in [3.63, 3.8) is 0 Å². The van der Waals surface area contributed by atoms with Crippen LogP contribution in [0.5, 0.6) is 0 Å². The first-order valence-electron chi connectivity index (χ1n) is 10.1. The number of benzene rings is 1. The van der Waals surface area contributed by atoms with Crippen molar-refractivity contribution in [2.45, 2.75) is 6.18 Å². The smallest absolute Gasteiger partial charge is 0.416 e. The number of anilines is 3. The molecule has 0 fully saturated rings. The monoisotopic (exact) mass is 514 g/mol. The first-order chi connectivity index (χ1) is 17.1. The third kappa shape index (κ3) is 3.94. The number of hydrogen-bond donors (Lipinski definition) is 2. The number of oxazole rings is 1. The number of rotatable bonds is 4. The van der Waals surface area contributed by atoms with E-state index in [1.54, 1.807) is 12.3 Å². The minimum absolute atomic E-state index is 0.00352. The second-order valence-corrected chi connectivity index (χ2v) is 7.87. The zero-order valence-electron chi connectivity index (χ0n) is 17.9. The van der Waals surface area contributed by atoms with Crippen molar-refractivity contribution in [1.29, 1.82) is 0 Å². The third-order valence-electron chi connectivity index (χ3n) is 5.30. The van der Waals surface area contributed by atoms with Crippen LogP contribution < -0.4 is 16.4 Å². The van der Waals surface area contributed by atoms with E-state index in [2.05, 4.69) is 20.1 Å². The molecule has 4 aromatic heterocycles. The Labute approximate surface area is 204 Å². The standard InChI is InChI=1S/C22H14ClF3N8O2/c23-14-5-11(18-13(16-7-29-10-36-16)8-33-19(18)20(27)31-9-32-33)1-2-15(14)34(21(28)35)17-6-12(3-4-30-17)22(24,25)26/h1-10H,(H2,28,35)(H2,27,31,32). The van der Waals surface area contributed by atoms with E-state index in [9.17, 15) is 18.0 Å². The molecule has 0 aliphatic carbocycles. The first kappa shape index (κ1) is 23.1. The normalized spacial score (nSPS) is 11.7. The van der Waals surface area contributed by atoms with Gasteiger partial charge >= 0.3 is 12.2 Å². The summed E-state index contributed by atoms with van der Waals surface area (Å²) in [5, 5.41) is 4.18. The Kier molecular flexibility index (Phi) is 5.48. The Morgan fingerprint density at radius 3 is 2.64 bits per heavy atom. The Morgan fingerprint density at radius 1 is 1.17 bits per heavy atom. The average Bonchev–Trinajstić information content (AvgIpc) is 3.48. The molecule has 1 aromatic carbocycles. The van der Waals surface area contributed by atoms with Crippen molar-refractivity contribution in [3.8, 4) is 22.5 Å². The molecule has 0 aliphatic rings. The second kappa shape index (κ2) is 8.53. The Balaban J connectivity index is 1.66. The summed E-state index contributed by atoms with van der Waals surface area (Å²) in [6.45, 7) is 0. The van der Waals surface area contributed by atoms with Gasteiger partial charge in [0.25, 0.3) is 0 Å². The molecule has 5 aromatic rings. The van der Waals surface area contributed by atoms with Crippen LogP contribution in [0.25, 0.3) is 28.0 Å². The van der Waals surface area contributed by atoms with E-state index in [1.807, 2.05) is 0 Å². The molecule has 182 valence electrons. The summed E-state index contributed by atoms with van der Waals surface area (Å²) in [7, 11) is 0. The Hall–Kier alpha value is -4.65. The predicted octanol–water partition coefficient (Wildman–Crippen LogP) is 4.92. The molecule has 0 aliphatic heterocycles. The average molecular weight is 515 g/mol. The van der Waals surface area contributed by atoms with Gasteiger partial charge in [0.1, 0.15) is 17.7 Å². The summed E-state index contributed by atoms with van der Waals surface area (Å²) in [5.74, 6) is 0.251. The van der Waals surface area contributed by atoms with Crippen molar-refractivity contribution >= 4 is 40.5 Å². The molecule has 4 N–H and O–H groups in total. The van der Waals surface area contributed by atoms with Crippen molar-refractivity contribution in [1.82, 2.24) is 24.6 Å². The third-order valence-corrected chi connectivity index (χ3v) is 5.60. The number of fused-ring (bicyclic) bond motifs is 1. The van der Waals surface area contributed by atoms with Gasteiger partial charge in [-0.1, -0.05) is 17.7 Å². The lowest BCUT2D eigenvalue weighted by atomic mass is 10.0. The van der Waals surface area contributed by atoms with Crippen molar-refractivity contribution in [2.24, 2.45) is 5.73 Å². The van der Waals surface area contributed by atoms with Gasteiger partial charge in [-0.3, -0.25) is 0 Å². The fraction of sp³-hybridized carbons (Fsp3) is 0.0455. The van der Waals surface area contributed by atoms with Gasteiger partial charge in [-0.05, 0) is 29.8 Å². The lowest BCUT2D eigenvalue weighted by molar-refractivity contribution is -0.137. The molecule has 36 heavy (non-hydrogen) atoms. The zero-order valence-corrected chi connectivity index (χ0v) is 18.7. The molecule has 0 atom stereocenters. The highest BCUT2D eigenvalue weighted by molar-refractivity contribution is 6.34. The van der Waals surface area contributed by atoms with Gasteiger partial charge in [0.05, 0.1) is 22.5 Å². The quantitative estimate of drug-likeness (QED) is 0.346. The number of pyridine rings is 1. The molecule has 4 heterocycles. The van der Waals surface area contributed by atoms with Crippen LogP contribution in [0.2, 0.25) is 5.02 Å².